The molecule has 0 unspecified atom stereocenters. The van der Waals surface area contributed by atoms with E-state index in [0.717, 1.165) is 0 Å². The molecule has 0 aliphatic heterocycles. The summed E-state index contributed by atoms with van der Waals surface area (Å²) in [7, 11) is 1.64. The first-order valence-electron chi connectivity index (χ1n) is 5.26. The zero-order valence-corrected chi connectivity index (χ0v) is 9.66. The highest BCUT2D eigenvalue weighted by Crippen LogP contribution is 2.25. The normalized spacial score (nSPS) is 9.83. The van der Waals surface area contributed by atoms with E-state index < -0.39 is 4.92 Å². The number of rotatable bonds is 4. The van der Waals surface area contributed by atoms with Gasteiger partial charge in [-0.05, 0) is 12.1 Å². The lowest BCUT2D eigenvalue weighted by molar-refractivity contribution is -0.384. The van der Waals surface area contributed by atoms with Crippen LogP contribution < -0.4 is 10.1 Å². The summed E-state index contributed by atoms with van der Waals surface area (Å²) in [4.78, 5) is 14.4. The zero-order valence-electron chi connectivity index (χ0n) is 9.66. The van der Waals surface area contributed by atoms with Crippen LogP contribution in [0.1, 0.15) is 0 Å². The third-order valence-corrected chi connectivity index (χ3v) is 2.22. The van der Waals surface area contributed by atoms with Crippen LogP contribution in [-0.2, 0) is 0 Å². The highest BCUT2D eigenvalue weighted by Gasteiger charge is 2.11. The molecule has 0 saturated heterocycles. The second-order valence-corrected chi connectivity index (χ2v) is 3.47. The van der Waals surface area contributed by atoms with Crippen molar-refractivity contribution in [2.45, 2.75) is 0 Å². The van der Waals surface area contributed by atoms with Gasteiger partial charge in [0.1, 0.15) is 11.6 Å². The SMILES string of the molecule is CNc1cc([N+](=O)[O-])cc(Oc2ccccc2)n1. The second-order valence-electron chi connectivity index (χ2n) is 3.47. The molecule has 1 aromatic heterocycles. The van der Waals surface area contributed by atoms with Crippen molar-refractivity contribution >= 4 is 11.5 Å². The number of pyridine rings is 1. The van der Waals surface area contributed by atoms with Crippen LogP contribution in [0.15, 0.2) is 42.5 Å². The maximum Gasteiger partial charge on any atom is 0.278 e. The third kappa shape index (κ3) is 2.73. The Bertz CT molecular complexity index is 558. The van der Waals surface area contributed by atoms with Gasteiger partial charge in [-0.3, -0.25) is 10.1 Å². The van der Waals surface area contributed by atoms with Gasteiger partial charge in [-0.15, -0.1) is 0 Å². The highest BCUT2D eigenvalue weighted by atomic mass is 16.6. The Kier molecular flexibility index (Phi) is 3.38. The number of benzene rings is 1. The van der Waals surface area contributed by atoms with Crippen LogP contribution in [0.4, 0.5) is 11.5 Å². The lowest BCUT2D eigenvalue weighted by atomic mass is 10.3. The van der Waals surface area contributed by atoms with Gasteiger partial charge in [0, 0.05) is 7.05 Å². The summed E-state index contributed by atoms with van der Waals surface area (Å²) >= 11 is 0. The van der Waals surface area contributed by atoms with Crippen molar-refractivity contribution in [1.82, 2.24) is 4.98 Å². The van der Waals surface area contributed by atoms with Crippen molar-refractivity contribution in [1.29, 1.82) is 0 Å². The molecule has 0 aliphatic carbocycles. The van der Waals surface area contributed by atoms with Gasteiger partial charge in [0.2, 0.25) is 5.88 Å². The Balaban J connectivity index is 2.32. The molecular weight excluding hydrogens is 234 g/mol. The summed E-state index contributed by atoms with van der Waals surface area (Å²) in [6.45, 7) is 0. The van der Waals surface area contributed by atoms with Gasteiger partial charge >= 0.3 is 0 Å². The molecule has 18 heavy (non-hydrogen) atoms. The predicted molar refractivity (Wildman–Crippen MR) is 67.0 cm³/mol. The maximum atomic E-state index is 10.8. The minimum atomic E-state index is -0.486. The number of anilines is 1. The molecule has 6 nitrogen and oxygen atoms in total. The monoisotopic (exact) mass is 245 g/mol. The summed E-state index contributed by atoms with van der Waals surface area (Å²) in [5.74, 6) is 1.14. The van der Waals surface area contributed by atoms with Gasteiger partial charge in [0.25, 0.3) is 5.69 Å². The van der Waals surface area contributed by atoms with E-state index in [4.69, 9.17) is 4.74 Å². The summed E-state index contributed by atoms with van der Waals surface area (Å²) < 4.78 is 5.46. The summed E-state index contributed by atoms with van der Waals surface area (Å²) in [5.41, 5.74) is -0.0692. The molecule has 1 aromatic carbocycles. The Morgan fingerprint density at radius 2 is 2.00 bits per heavy atom. The minimum Gasteiger partial charge on any atom is -0.439 e. The number of nitrogens with one attached hydrogen (secondary N) is 1. The van der Waals surface area contributed by atoms with Gasteiger partial charge in [-0.1, -0.05) is 18.2 Å². The molecule has 2 rings (SSSR count). The topological polar surface area (TPSA) is 77.3 Å². The molecule has 0 bridgehead atoms. The van der Waals surface area contributed by atoms with Crippen LogP contribution in [-0.4, -0.2) is 17.0 Å². The average molecular weight is 245 g/mol. The van der Waals surface area contributed by atoms with Crippen molar-refractivity contribution < 1.29 is 9.66 Å². The molecule has 1 heterocycles. The Labute approximate surface area is 103 Å². The molecule has 6 heteroatoms. The van der Waals surface area contributed by atoms with E-state index in [2.05, 4.69) is 10.3 Å². The molecule has 0 atom stereocenters. The van der Waals surface area contributed by atoms with Crippen molar-refractivity contribution in [3.63, 3.8) is 0 Å². The quantitative estimate of drug-likeness (QED) is 0.662. The molecule has 0 aliphatic rings. The first-order chi connectivity index (χ1) is 8.69. The number of para-hydroxylation sites is 1. The molecule has 0 spiro atoms. The van der Waals surface area contributed by atoms with E-state index in [9.17, 15) is 10.1 Å². The van der Waals surface area contributed by atoms with E-state index in [0.29, 0.717) is 11.6 Å². The number of nitrogens with zero attached hydrogens (tertiary/aromatic N) is 2. The first-order valence-corrected chi connectivity index (χ1v) is 5.26. The number of ether oxygens (including phenoxy) is 1. The smallest absolute Gasteiger partial charge is 0.278 e. The van der Waals surface area contributed by atoms with Gasteiger partial charge < -0.3 is 10.1 Å². The van der Waals surface area contributed by atoms with Crippen LogP contribution >= 0.6 is 0 Å². The molecule has 0 radical (unpaired) electrons. The second kappa shape index (κ2) is 5.13. The van der Waals surface area contributed by atoms with E-state index in [1.54, 1.807) is 19.2 Å². The van der Waals surface area contributed by atoms with Gasteiger partial charge in [-0.25, -0.2) is 0 Å². The Morgan fingerprint density at radius 3 is 2.61 bits per heavy atom. The molecular formula is C12H11N3O3. The average Bonchev–Trinajstić information content (AvgIpc) is 2.39. The van der Waals surface area contributed by atoms with Crippen molar-refractivity contribution in [2.24, 2.45) is 0 Å². The van der Waals surface area contributed by atoms with Crippen molar-refractivity contribution in [3.8, 4) is 11.6 Å². The lowest BCUT2D eigenvalue weighted by Gasteiger charge is -2.06. The molecule has 1 N–H and O–H groups in total. The number of aromatic nitrogens is 1. The summed E-state index contributed by atoms with van der Waals surface area (Å²) in [6.07, 6.45) is 0. The van der Waals surface area contributed by atoms with Gasteiger partial charge in [0.15, 0.2) is 0 Å². The van der Waals surface area contributed by atoms with Crippen LogP contribution in [0.25, 0.3) is 0 Å². The number of nitro groups is 1. The van der Waals surface area contributed by atoms with Gasteiger partial charge in [-0.2, -0.15) is 4.98 Å². The number of hydrogen-bond acceptors (Lipinski definition) is 5. The minimum absolute atomic E-state index is 0.0692. The van der Waals surface area contributed by atoms with Crippen LogP contribution in [0.5, 0.6) is 11.6 Å². The van der Waals surface area contributed by atoms with E-state index in [1.165, 1.54) is 12.1 Å². The van der Waals surface area contributed by atoms with E-state index in [1.807, 2.05) is 18.2 Å². The lowest BCUT2D eigenvalue weighted by Crippen LogP contribution is -1.98. The number of hydrogen-bond donors (Lipinski definition) is 1. The van der Waals surface area contributed by atoms with Crippen molar-refractivity contribution in [3.05, 3.63) is 52.6 Å². The fraction of sp³-hybridized carbons (Fsp3) is 0.0833. The largest absolute Gasteiger partial charge is 0.439 e. The molecule has 92 valence electrons. The Morgan fingerprint density at radius 1 is 1.28 bits per heavy atom. The fourth-order valence-electron chi connectivity index (χ4n) is 1.39. The zero-order chi connectivity index (χ0) is 13.0. The summed E-state index contributed by atoms with van der Waals surface area (Å²) in [6, 6.07) is 11.6. The highest BCUT2D eigenvalue weighted by molar-refractivity contribution is 5.48. The first kappa shape index (κ1) is 11.8. The molecule has 2 aromatic rings. The third-order valence-electron chi connectivity index (χ3n) is 2.22. The Hall–Kier alpha value is -2.63. The standard InChI is InChI=1S/C12H11N3O3/c1-13-11-7-9(15(16)17)8-12(14-11)18-10-5-3-2-4-6-10/h2-8H,1H3,(H,13,14). The van der Waals surface area contributed by atoms with Crippen molar-refractivity contribution in [2.75, 3.05) is 12.4 Å². The fourth-order valence-corrected chi connectivity index (χ4v) is 1.39. The van der Waals surface area contributed by atoms with Crippen LogP contribution in [0.3, 0.4) is 0 Å². The van der Waals surface area contributed by atoms with E-state index >= 15 is 0 Å². The predicted octanol–water partition coefficient (Wildman–Crippen LogP) is 2.82. The van der Waals surface area contributed by atoms with Crippen LogP contribution in [0.2, 0.25) is 0 Å². The maximum absolute atomic E-state index is 10.8. The van der Waals surface area contributed by atoms with E-state index in [-0.39, 0.29) is 11.6 Å². The molecule has 0 saturated carbocycles. The molecule has 0 amide bonds. The molecule has 0 fully saturated rings. The van der Waals surface area contributed by atoms with Gasteiger partial charge in [0.05, 0.1) is 17.1 Å². The summed E-state index contributed by atoms with van der Waals surface area (Å²) in [5, 5.41) is 13.5. The van der Waals surface area contributed by atoms with Crippen LogP contribution in [0, 0.1) is 10.1 Å².